The molecule has 0 amide bonds. The molecular weight excluding hydrogens is 314 g/mol. The van der Waals surface area contributed by atoms with E-state index in [0.717, 1.165) is 44.4 Å². The lowest BCUT2D eigenvalue weighted by Crippen LogP contribution is -2.46. The average Bonchev–Trinajstić information content (AvgIpc) is 3.40. The molecule has 1 aromatic heterocycles. The van der Waals surface area contributed by atoms with Crippen molar-refractivity contribution < 1.29 is 4.42 Å². The second-order valence-corrected chi connectivity index (χ2v) is 7.03. The van der Waals surface area contributed by atoms with Crippen LogP contribution in [0.5, 0.6) is 0 Å². The van der Waals surface area contributed by atoms with Crippen molar-refractivity contribution in [1.29, 1.82) is 0 Å². The molecule has 0 aliphatic carbocycles. The highest BCUT2D eigenvalue weighted by Crippen LogP contribution is 2.24. The fourth-order valence-electron chi connectivity index (χ4n) is 4.11. The number of nitrogens with one attached hydrogen (secondary N) is 2. The van der Waals surface area contributed by atoms with Crippen molar-refractivity contribution in [3.05, 3.63) is 24.2 Å². The van der Waals surface area contributed by atoms with Crippen molar-refractivity contribution in [1.82, 2.24) is 20.4 Å². The SMILES string of the molecule is CCN1CCCC1CNC(=NC)NCC(c1ccco1)N1CCCC1. The molecule has 2 unspecified atom stereocenters. The minimum absolute atomic E-state index is 0.273. The minimum atomic E-state index is 0.273. The highest BCUT2D eigenvalue weighted by molar-refractivity contribution is 5.79. The molecular formula is C19H33N5O. The normalized spacial score (nSPS) is 23.9. The Balaban J connectivity index is 1.52. The first-order valence-corrected chi connectivity index (χ1v) is 9.77. The monoisotopic (exact) mass is 347 g/mol. The van der Waals surface area contributed by atoms with Gasteiger partial charge < -0.3 is 15.1 Å². The number of hydrogen-bond acceptors (Lipinski definition) is 4. The molecule has 1 aromatic rings. The van der Waals surface area contributed by atoms with Gasteiger partial charge in [-0.05, 0) is 64.0 Å². The number of aliphatic imine (C=N–C) groups is 1. The van der Waals surface area contributed by atoms with Gasteiger partial charge in [0.25, 0.3) is 0 Å². The lowest BCUT2D eigenvalue weighted by molar-refractivity contribution is 0.215. The van der Waals surface area contributed by atoms with Gasteiger partial charge in [0.05, 0.1) is 12.3 Å². The van der Waals surface area contributed by atoms with Gasteiger partial charge in [0.1, 0.15) is 5.76 Å². The summed E-state index contributed by atoms with van der Waals surface area (Å²) in [7, 11) is 1.85. The first-order chi connectivity index (χ1) is 12.3. The Bertz CT molecular complexity index is 524. The Morgan fingerprint density at radius 3 is 2.80 bits per heavy atom. The summed E-state index contributed by atoms with van der Waals surface area (Å²) in [5.74, 6) is 1.93. The Hall–Kier alpha value is -1.53. The topological polar surface area (TPSA) is 56.0 Å². The molecule has 140 valence electrons. The van der Waals surface area contributed by atoms with Crippen LogP contribution in [-0.2, 0) is 0 Å². The molecule has 25 heavy (non-hydrogen) atoms. The largest absolute Gasteiger partial charge is 0.468 e. The molecule has 6 heteroatoms. The summed E-state index contributed by atoms with van der Waals surface area (Å²) in [6.45, 7) is 8.67. The molecule has 0 spiro atoms. The zero-order valence-corrected chi connectivity index (χ0v) is 15.7. The van der Waals surface area contributed by atoms with Crippen molar-refractivity contribution in [2.24, 2.45) is 4.99 Å². The lowest BCUT2D eigenvalue weighted by atomic mass is 10.2. The molecule has 3 heterocycles. The van der Waals surface area contributed by atoms with Gasteiger partial charge >= 0.3 is 0 Å². The quantitative estimate of drug-likeness (QED) is 0.584. The van der Waals surface area contributed by atoms with Crippen LogP contribution in [0.25, 0.3) is 0 Å². The first-order valence-electron chi connectivity index (χ1n) is 9.77. The maximum absolute atomic E-state index is 5.70. The second-order valence-electron chi connectivity index (χ2n) is 7.03. The lowest BCUT2D eigenvalue weighted by Gasteiger charge is -2.27. The standard InChI is InChI=1S/C19H33N5O/c1-3-23-12-6-8-16(23)14-21-19(20-2)22-15-17(18-9-7-13-25-18)24-10-4-5-11-24/h7,9,13,16-17H,3-6,8,10-12,14-15H2,1-2H3,(H2,20,21,22). The van der Waals surface area contributed by atoms with E-state index in [-0.39, 0.29) is 6.04 Å². The summed E-state index contributed by atoms with van der Waals surface area (Å²) in [4.78, 5) is 9.47. The van der Waals surface area contributed by atoms with Crippen molar-refractivity contribution in [3.63, 3.8) is 0 Å². The van der Waals surface area contributed by atoms with Crippen molar-refractivity contribution >= 4 is 5.96 Å². The van der Waals surface area contributed by atoms with E-state index in [2.05, 4.69) is 38.4 Å². The number of nitrogens with zero attached hydrogens (tertiary/aromatic N) is 3. The number of furan rings is 1. The first kappa shape index (κ1) is 18.3. The number of likely N-dealkylation sites (tertiary alicyclic amines) is 2. The summed E-state index contributed by atoms with van der Waals surface area (Å²) < 4.78 is 5.70. The van der Waals surface area contributed by atoms with Crippen LogP contribution in [0.15, 0.2) is 27.8 Å². The van der Waals surface area contributed by atoms with E-state index in [9.17, 15) is 0 Å². The molecule has 2 aliphatic rings. The molecule has 0 aromatic carbocycles. The number of likely N-dealkylation sites (N-methyl/N-ethyl adjacent to an activating group) is 1. The highest BCUT2D eigenvalue weighted by Gasteiger charge is 2.26. The van der Waals surface area contributed by atoms with Crippen LogP contribution in [0.1, 0.15) is 44.4 Å². The maximum Gasteiger partial charge on any atom is 0.191 e. The summed E-state index contributed by atoms with van der Waals surface area (Å²) in [6.07, 6.45) is 6.91. The van der Waals surface area contributed by atoms with E-state index in [1.807, 2.05) is 13.1 Å². The molecule has 3 rings (SSSR count). The van der Waals surface area contributed by atoms with Crippen molar-refractivity contribution in [2.45, 2.75) is 44.7 Å². The van der Waals surface area contributed by atoms with Gasteiger partial charge in [0.15, 0.2) is 5.96 Å². The molecule has 2 aliphatic heterocycles. The van der Waals surface area contributed by atoms with Crippen LogP contribution >= 0.6 is 0 Å². The molecule has 6 nitrogen and oxygen atoms in total. The number of rotatable bonds is 7. The maximum atomic E-state index is 5.70. The Kier molecular flexibility index (Phi) is 6.76. The smallest absolute Gasteiger partial charge is 0.191 e. The predicted molar refractivity (Wildman–Crippen MR) is 102 cm³/mol. The Morgan fingerprint density at radius 1 is 1.28 bits per heavy atom. The van der Waals surface area contributed by atoms with E-state index in [1.165, 1.54) is 32.2 Å². The van der Waals surface area contributed by atoms with Crippen molar-refractivity contribution in [3.8, 4) is 0 Å². The van der Waals surface area contributed by atoms with Gasteiger partial charge in [0, 0.05) is 26.2 Å². The molecule has 2 atom stereocenters. The molecule has 0 bridgehead atoms. The van der Waals surface area contributed by atoms with Gasteiger partial charge in [-0.25, -0.2) is 0 Å². The summed E-state index contributed by atoms with van der Waals surface area (Å²) >= 11 is 0. The predicted octanol–water partition coefficient (Wildman–Crippen LogP) is 2.07. The summed E-state index contributed by atoms with van der Waals surface area (Å²) in [5, 5.41) is 7.03. The third-order valence-corrected chi connectivity index (χ3v) is 5.55. The third-order valence-electron chi connectivity index (χ3n) is 5.55. The van der Waals surface area contributed by atoms with Crippen LogP contribution in [-0.4, -0.2) is 68.1 Å². The minimum Gasteiger partial charge on any atom is -0.468 e. The summed E-state index contributed by atoms with van der Waals surface area (Å²) in [6, 6.07) is 4.96. The molecule has 0 saturated carbocycles. The summed E-state index contributed by atoms with van der Waals surface area (Å²) in [5.41, 5.74) is 0. The van der Waals surface area contributed by atoms with E-state index >= 15 is 0 Å². The zero-order chi connectivity index (χ0) is 17.5. The molecule has 2 saturated heterocycles. The number of guanidine groups is 1. The van der Waals surface area contributed by atoms with Crippen LogP contribution in [0.3, 0.4) is 0 Å². The van der Waals surface area contributed by atoms with Crippen LogP contribution in [0.4, 0.5) is 0 Å². The van der Waals surface area contributed by atoms with Crippen molar-refractivity contribution in [2.75, 3.05) is 46.3 Å². The van der Waals surface area contributed by atoms with E-state index in [4.69, 9.17) is 4.42 Å². The fraction of sp³-hybridized carbons (Fsp3) is 0.737. The average molecular weight is 348 g/mol. The van der Waals surface area contributed by atoms with Gasteiger partial charge in [-0.1, -0.05) is 6.92 Å². The zero-order valence-electron chi connectivity index (χ0n) is 15.7. The van der Waals surface area contributed by atoms with Crippen LogP contribution in [0.2, 0.25) is 0 Å². The number of hydrogen-bond donors (Lipinski definition) is 2. The van der Waals surface area contributed by atoms with E-state index in [1.54, 1.807) is 6.26 Å². The highest BCUT2D eigenvalue weighted by atomic mass is 16.3. The van der Waals surface area contributed by atoms with Gasteiger partial charge in [0.2, 0.25) is 0 Å². The molecule has 2 fully saturated rings. The molecule has 0 radical (unpaired) electrons. The van der Waals surface area contributed by atoms with E-state index < -0.39 is 0 Å². The van der Waals surface area contributed by atoms with Crippen LogP contribution < -0.4 is 10.6 Å². The molecule has 2 N–H and O–H groups in total. The Labute approximate surface area is 151 Å². The third kappa shape index (κ3) is 4.76. The Morgan fingerprint density at radius 2 is 2.12 bits per heavy atom. The van der Waals surface area contributed by atoms with E-state index in [0.29, 0.717) is 6.04 Å². The fourth-order valence-corrected chi connectivity index (χ4v) is 4.11. The van der Waals surface area contributed by atoms with Gasteiger partial charge in [-0.3, -0.25) is 14.8 Å². The van der Waals surface area contributed by atoms with Gasteiger partial charge in [-0.2, -0.15) is 0 Å². The second kappa shape index (κ2) is 9.25. The van der Waals surface area contributed by atoms with Crippen LogP contribution in [0, 0.1) is 0 Å². The van der Waals surface area contributed by atoms with Gasteiger partial charge in [-0.15, -0.1) is 0 Å².